The van der Waals surface area contributed by atoms with Crippen molar-refractivity contribution in [2.75, 3.05) is 18.2 Å². The number of carbonyl (C=O) groups is 2. The van der Waals surface area contributed by atoms with Gasteiger partial charge in [-0.15, -0.1) is 0 Å². The van der Waals surface area contributed by atoms with Gasteiger partial charge >= 0.3 is 0 Å². The van der Waals surface area contributed by atoms with Gasteiger partial charge in [0.05, 0.1) is 16.3 Å². The van der Waals surface area contributed by atoms with E-state index in [1.165, 1.54) is 4.90 Å². The number of para-hydroxylation sites is 1. The molecule has 0 saturated heterocycles. The van der Waals surface area contributed by atoms with Crippen LogP contribution in [0.25, 0.3) is 11.6 Å². The van der Waals surface area contributed by atoms with Gasteiger partial charge in [0.2, 0.25) is 12.6 Å². The number of nitrogens with zero attached hydrogens (tertiary/aromatic N) is 1. The molecule has 8 nitrogen and oxygen atoms in total. The molecule has 0 saturated carbocycles. The molecule has 150 valence electrons. The lowest BCUT2D eigenvalue weighted by Gasteiger charge is -2.28. The summed E-state index contributed by atoms with van der Waals surface area (Å²) in [5, 5.41) is 5.58. The highest BCUT2D eigenvalue weighted by molar-refractivity contribution is 6.51. The summed E-state index contributed by atoms with van der Waals surface area (Å²) in [6.45, 7) is 2.37. The lowest BCUT2D eigenvalue weighted by molar-refractivity contribution is -0.113. The molecule has 2 aliphatic rings. The number of H-pyrrole nitrogens is 2. The number of amides is 1. The summed E-state index contributed by atoms with van der Waals surface area (Å²) in [5.41, 5.74) is 1.16. The van der Waals surface area contributed by atoms with E-state index in [9.17, 15) is 14.4 Å². The minimum Gasteiger partial charge on any atom is -0.454 e. The van der Waals surface area contributed by atoms with E-state index in [-0.39, 0.29) is 22.9 Å². The van der Waals surface area contributed by atoms with Crippen molar-refractivity contribution in [2.24, 2.45) is 0 Å². The average molecular weight is 403 g/mol. The number of ketones is 1. The van der Waals surface area contributed by atoms with Crippen LogP contribution in [0, 0.1) is 0 Å². The van der Waals surface area contributed by atoms with Gasteiger partial charge in [0, 0.05) is 12.1 Å². The van der Waals surface area contributed by atoms with Crippen LogP contribution < -0.4 is 30.5 Å². The van der Waals surface area contributed by atoms with Crippen LogP contribution in [-0.4, -0.2) is 35.2 Å². The van der Waals surface area contributed by atoms with E-state index in [1.54, 1.807) is 48.5 Å². The second-order valence-corrected chi connectivity index (χ2v) is 6.90. The molecule has 1 aromatic heterocycles. The molecule has 3 aromatic rings. The van der Waals surface area contributed by atoms with Crippen LogP contribution in [0.3, 0.4) is 0 Å². The molecule has 2 aromatic carbocycles. The quantitative estimate of drug-likeness (QED) is 0.654. The van der Waals surface area contributed by atoms with E-state index >= 15 is 0 Å². The molecular weight excluding hydrogens is 386 g/mol. The summed E-state index contributed by atoms with van der Waals surface area (Å²) in [7, 11) is 0. The number of benzene rings is 2. The van der Waals surface area contributed by atoms with Gasteiger partial charge in [-0.2, -0.15) is 0 Å². The topological polar surface area (TPSA) is 104 Å². The van der Waals surface area contributed by atoms with E-state index in [2.05, 4.69) is 10.2 Å². The average Bonchev–Trinajstić information content (AvgIpc) is 3.36. The Morgan fingerprint density at radius 2 is 1.83 bits per heavy atom. The monoisotopic (exact) mass is 403 g/mol. The number of rotatable bonds is 2. The molecule has 1 amide bonds. The Morgan fingerprint density at radius 3 is 2.67 bits per heavy atom. The van der Waals surface area contributed by atoms with Crippen LogP contribution >= 0.6 is 0 Å². The normalized spacial score (nSPS) is 17.5. The lowest BCUT2D eigenvalue weighted by atomic mass is 9.94. The van der Waals surface area contributed by atoms with E-state index in [4.69, 9.17) is 9.47 Å². The van der Waals surface area contributed by atoms with E-state index in [0.29, 0.717) is 34.9 Å². The first kappa shape index (κ1) is 18.0. The van der Waals surface area contributed by atoms with Gasteiger partial charge in [0.15, 0.2) is 11.5 Å². The van der Waals surface area contributed by atoms with Crippen molar-refractivity contribution in [2.45, 2.75) is 6.92 Å². The number of aromatic nitrogens is 2. The van der Waals surface area contributed by atoms with Crippen molar-refractivity contribution >= 4 is 29.0 Å². The van der Waals surface area contributed by atoms with Crippen molar-refractivity contribution in [1.82, 2.24) is 10.2 Å². The number of hydrogen-bond donors (Lipinski definition) is 2. The highest BCUT2D eigenvalue weighted by Crippen LogP contribution is 2.32. The molecule has 3 heterocycles. The van der Waals surface area contributed by atoms with Crippen LogP contribution in [0.15, 0.2) is 47.3 Å². The lowest BCUT2D eigenvalue weighted by Crippen LogP contribution is -2.45. The molecule has 0 fully saturated rings. The summed E-state index contributed by atoms with van der Waals surface area (Å²) < 4.78 is 10.7. The van der Waals surface area contributed by atoms with E-state index in [1.807, 2.05) is 6.92 Å². The molecule has 2 N–H and O–H groups in total. The zero-order valence-electron chi connectivity index (χ0n) is 16.0. The van der Waals surface area contributed by atoms with Crippen LogP contribution in [0.5, 0.6) is 11.5 Å². The van der Waals surface area contributed by atoms with Crippen LogP contribution in [0.1, 0.15) is 22.8 Å². The predicted octanol–water partition coefficient (Wildman–Crippen LogP) is 0.661. The number of nitrogens with one attached hydrogen (secondary N) is 2. The standard InChI is InChI=1S/C22H17N3O5/c1-2-25-15-6-4-3-5-13(15)20(26)18(22(25)28)19-14(21(27)24-23-19)9-12-7-8-16-17(10-12)30-11-29-16/h3-10,23H,2,11H2,1H3,(H,24,27)/b14-9-,19-18+. The first-order chi connectivity index (χ1) is 14.6. The molecule has 8 heteroatoms. The molecule has 30 heavy (non-hydrogen) atoms. The van der Waals surface area contributed by atoms with E-state index in [0.717, 1.165) is 0 Å². The maximum absolute atomic E-state index is 13.2. The van der Waals surface area contributed by atoms with Crippen molar-refractivity contribution < 1.29 is 19.1 Å². The molecule has 2 aliphatic heterocycles. The second-order valence-electron chi connectivity index (χ2n) is 6.90. The van der Waals surface area contributed by atoms with Crippen molar-refractivity contribution in [3.8, 4) is 11.5 Å². The molecule has 0 unspecified atom stereocenters. The highest BCUT2D eigenvalue weighted by Gasteiger charge is 2.35. The number of fused-ring (bicyclic) bond motifs is 2. The Balaban J connectivity index is 1.77. The molecule has 0 spiro atoms. The number of Topliss-reactive ketones (excluding diaryl/α,β-unsaturated/α-hetero) is 1. The summed E-state index contributed by atoms with van der Waals surface area (Å²) in [6.07, 6.45) is 1.61. The van der Waals surface area contributed by atoms with Gasteiger partial charge in [-0.3, -0.25) is 24.6 Å². The van der Waals surface area contributed by atoms with Crippen LogP contribution in [-0.2, 0) is 4.79 Å². The number of hydrogen-bond acceptors (Lipinski definition) is 5. The van der Waals surface area contributed by atoms with Gasteiger partial charge in [0.25, 0.3) is 11.5 Å². The maximum Gasteiger partial charge on any atom is 0.271 e. The predicted molar refractivity (Wildman–Crippen MR) is 109 cm³/mol. The third-order valence-corrected chi connectivity index (χ3v) is 5.21. The number of carbonyl (C=O) groups excluding carboxylic acids is 2. The van der Waals surface area contributed by atoms with Crippen molar-refractivity contribution in [3.05, 3.63) is 74.5 Å². The van der Waals surface area contributed by atoms with Crippen molar-refractivity contribution in [3.63, 3.8) is 0 Å². The van der Waals surface area contributed by atoms with Crippen molar-refractivity contribution in [1.29, 1.82) is 0 Å². The Bertz CT molecular complexity index is 1380. The first-order valence-corrected chi connectivity index (χ1v) is 9.46. The Morgan fingerprint density at radius 1 is 1.03 bits per heavy atom. The summed E-state index contributed by atoms with van der Waals surface area (Å²) >= 11 is 0. The zero-order chi connectivity index (χ0) is 20.8. The maximum atomic E-state index is 13.2. The largest absolute Gasteiger partial charge is 0.454 e. The first-order valence-electron chi connectivity index (χ1n) is 9.46. The Labute approximate surface area is 170 Å². The summed E-state index contributed by atoms with van der Waals surface area (Å²) in [4.78, 5) is 40.4. The molecule has 0 radical (unpaired) electrons. The minimum absolute atomic E-state index is 0.0686. The third kappa shape index (κ3) is 2.65. The van der Waals surface area contributed by atoms with Crippen LogP contribution in [0.2, 0.25) is 0 Å². The highest BCUT2D eigenvalue weighted by atomic mass is 16.7. The Kier molecular flexibility index (Phi) is 4.06. The van der Waals surface area contributed by atoms with Crippen LogP contribution in [0.4, 0.5) is 5.69 Å². The summed E-state index contributed by atoms with van der Waals surface area (Å²) in [5.74, 6) is 0.325. The Hall–Kier alpha value is -4.07. The SMILES string of the molecule is CCN1C(=O)/C(=c2/[nH][nH]c(=O)/c2=C\c2ccc3c(c2)OCO3)C(=O)c2ccccc21. The molecule has 0 bridgehead atoms. The fourth-order valence-electron chi connectivity index (χ4n) is 3.78. The number of aromatic amines is 2. The summed E-state index contributed by atoms with van der Waals surface area (Å²) in [6, 6.07) is 12.2. The van der Waals surface area contributed by atoms with Gasteiger partial charge in [0.1, 0.15) is 5.57 Å². The molecule has 0 atom stereocenters. The smallest absolute Gasteiger partial charge is 0.271 e. The van der Waals surface area contributed by atoms with Gasteiger partial charge in [-0.1, -0.05) is 18.2 Å². The number of anilines is 1. The minimum atomic E-state index is -0.447. The van der Waals surface area contributed by atoms with E-state index < -0.39 is 17.2 Å². The fourth-order valence-corrected chi connectivity index (χ4v) is 3.78. The molecule has 5 rings (SSSR count). The third-order valence-electron chi connectivity index (χ3n) is 5.21. The van der Waals surface area contributed by atoms with Gasteiger partial charge < -0.3 is 14.4 Å². The van der Waals surface area contributed by atoms with Gasteiger partial charge in [-0.05, 0) is 42.8 Å². The fraction of sp³-hybridized carbons (Fsp3) is 0.136. The molecule has 0 aliphatic carbocycles. The second kappa shape index (κ2) is 6.77. The zero-order valence-corrected chi connectivity index (χ0v) is 16.0. The molecular formula is C22H17N3O5. The number of ether oxygens (including phenoxy) is 2. The van der Waals surface area contributed by atoms with Gasteiger partial charge in [-0.25, -0.2) is 0 Å².